The fourth-order valence-corrected chi connectivity index (χ4v) is 3.59. The van der Waals surface area contributed by atoms with Crippen molar-refractivity contribution in [3.05, 3.63) is 89.5 Å². The summed E-state index contributed by atoms with van der Waals surface area (Å²) in [6.45, 7) is 0.489. The van der Waals surface area contributed by atoms with Crippen molar-refractivity contribution in [3.63, 3.8) is 0 Å². The molecular weight excluding hydrogens is 429 g/mol. The fourth-order valence-electron chi connectivity index (χ4n) is 3.40. The lowest BCUT2D eigenvalue weighted by Gasteiger charge is -2.09. The van der Waals surface area contributed by atoms with Gasteiger partial charge in [0.15, 0.2) is 5.65 Å². The number of pyridine rings is 1. The van der Waals surface area contributed by atoms with Gasteiger partial charge in [0.25, 0.3) is 0 Å². The molecule has 32 heavy (non-hydrogen) atoms. The number of fused-ring (bicyclic) bond motifs is 1. The van der Waals surface area contributed by atoms with E-state index in [4.69, 9.17) is 22.3 Å². The van der Waals surface area contributed by atoms with E-state index in [1.54, 1.807) is 30.6 Å². The van der Waals surface area contributed by atoms with E-state index in [-0.39, 0.29) is 5.82 Å². The van der Waals surface area contributed by atoms with Crippen LogP contribution in [0.1, 0.15) is 5.56 Å². The highest BCUT2D eigenvalue weighted by Gasteiger charge is 2.19. The minimum absolute atomic E-state index is 0.342. The molecule has 0 atom stereocenters. The van der Waals surface area contributed by atoms with Gasteiger partial charge in [0.05, 0.1) is 16.8 Å². The summed E-state index contributed by atoms with van der Waals surface area (Å²) in [4.78, 5) is 13.4. The van der Waals surface area contributed by atoms with Gasteiger partial charge in [-0.2, -0.15) is 4.98 Å². The molecule has 5 rings (SSSR count). The van der Waals surface area contributed by atoms with Crippen molar-refractivity contribution < 1.29 is 4.39 Å². The number of nitrogens with zero attached hydrogens (tertiary/aromatic N) is 5. The Hall–Kier alpha value is -4.04. The maximum atomic E-state index is 13.4. The Morgan fingerprint density at radius 2 is 1.88 bits per heavy atom. The van der Waals surface area contributed by atoms with Gasteiger partial charge in [-0.05, 0) is 48.0 Å². The minimum atomic E-state index is -0.342. The molecule has 0 radical (unpaired) electrons. The third kappa shape index (κ3) is 3.83. The molecule has 9 heteroatoms. The average Bonchev–Trinajstić information content (AvgIpc) is 3.15. The molecule has 0 saturated carbocycles. The van der Waals surface area contributed by atoms with E-state index in [1.165, 1.54) is 16.8 Å². The monoisotopic (exact) mass is 445 g/mol. The molecular formula is C23H17ClFN7. The zero-order valence-electron chi connectivity index (χ0n) is 16.7. The van der Waals surface area contributed by atoms with E-state index in [2.05, 4.69) is 20.4 Å². The molecule has 2 aromatic carbocycles. The molecule has 0 unspecified atom stereocenters. The van der Waals surface area contributed by atoms with Gasteiger partial charge in [-0.3, -0.25) is 4.98 Å². The number of nitrogens with two attached hydrogens (primary N) is 1. The summed E-state index contributed by atoms with van der Waals surface area (Å²) in [6, 6.07) is 17.1. The Labute approximate surface area is 187 Å². The Morgan fingerprint density at radius 3 is 2.62 bits per heavy atom. The van der Waals surface area contributed by atoms with Crippen molar-refractivity contribution in [2.45, 2.75) is 6.54 Å². The molecule has 3 heterocycles. The fraction of sp³-hybridized carbons (Fsp3) is 0.0435. The van der Waals surface area contributed by atoms with Crippen LogP contribution in [0.25, 0.3) is 28.0 Å². The highest BCUT2D eigenvalue weighted by atomic mass is 35.5. The summed E-state index contributed by atoms with van der Waals surface area (Å²) >= 11 is 6.23. The zero-order chi connectivity index (χ0) is 22.1. The Kier molecular flexibility index (Phi) is 5.12. The Balaban J connectivity index is 1.65. The van der Waals surface area contributed by atoms with Gasteiger partial charge in [0.2, 0.25) is 5.95 Å². The van der Waals surface area contributed by atoms with Gasteiger partial charge in [0, 0.05) is 29.5 Å². The number of rotatable bonds is 5. The van der Waals surface area contributed by atoms with E-state index < -0.39 is 0 Å². The third-order valence-corrected chi connectivity index (χ3v) is 5.15. The number of benzene rings is 2. The maximum absolute atomic E-state index is 13.4. The summed E-state index contributed by atoms with van der Waals surface area (Å²) in [5.41, 5.74) is 9.84. The van der Waals surface area contributed by atoms with Crippen LogP contribution in [0.5, 0.6) is 0 Å². The summed E-state index contributed by atoms with van der Waals surface area (Å²) < 4.78 is 14.9. The van der Waals surface area contributed by atoms with Crippen LogP contribution >= 0.6 is 11.6 Å². The van der Waals surface area contributed by atoms with Crippen molar-refractivity contribution >= 4 is 34.4 Å². The summed E-state index contributed by atoms with van der Waals surface area (Å²) in [5, 5.41) is 8.95. The first-order chi connectivity index (χ1) is 15.6. The number of hydrogen-bond donors (Lipinski definition) is 2. The van der Waals surface area contributed by atoms with Gasteiger partial charge in [0.1, 0.15) is 11.6 Å². The number of hydrogen-bond acceptors (Lipinski definition) is 6. The third-order valence-electron chi connectivity index (χ3n) is 4.91. The Morgan fingerprint density at radius 1 is 1.03 bits per heavy atom. The molecule has 0 aliphatic carbocycles. The second-order valence-corrected chi connectivity index (χ2v) is 7.53. The van der Waals surface area contributed by atoms with Crippen molar-refractivity contribution in [1.29, 1.82) is 0 Å². The van der Waals surface area contributed by atoms with Crippen molar-refractivity contribution in [1.82, 2.24) is 24.7 Å². The van der Waals surface area contributed by atoms with E-state index in [0.717, 1.165) is 11.1 Å². The van der Waals surface area contributed by atoms with Gasteiger partial charge >= 0.3 is 0 Å². The molecule has 7 nitrogen and oxygen atoms in total. The normalized spacial score (nSPS) is 11.1. The first-order valence-corrected chi connectivity index (χ1v) is 10.2. The average molecular weight is 446 g/mol. The van der Waals surface area contributed by atoms with Crippen LogP contribution < -0.4 is 11.1 Å². The van der Waals surface area contributed by atoms with E-state index in [0.29, 0.717) is 45.7 Å². The molecule has 0 amide bonds. The first-order valence-electron chi connectivity index (χ1n) is 9.79. The number of aromatic nitrogens is 5. The second kappa shape index (κ2) is 8.24. The van der Waals surface area contributed by atoms with Crippen LogP contribution in [0.2, 0.25) is 5.02 Å². The van der Waals surface area contributed by atoms with Gasteiger partial charge < -0.3 is 11.1 Å². The van der Waals surface area contributed by atoms with E-state index >= 15 is 0 Å². The summed E-state index contributed by atoms with van der Waals surface area (Å²) in [7, 11) is 0. The molecule has 5 aromatic rings. The predicted octanol–water partition coefficient (Wildman–Crippen LogP) is 4.86. The van der Waals surface area contributed by atoms with Gasteiger partial charge in [-0.1, -0.05) is 29.8 Å². The van der Waals surface area contributed by atoms with Gasteiger partial charge in [-0.25, -0.2) is 14.1 Å². The molecule has 3 aromatic heterocycles. The van der Waals surface area contributed by atoms with Crippen LogP contribution in [0.15, 0.2) is 73.1 Å². The predicted molar refractivity (Wildman–Crippen MR) is 123 cm³/mol. The minimum Gasteiger partial charge on any atom is -0.383 e. The lowest BCUT2D eigenvalue weighted by molar-refractivity contribution is 0.627. The molecule has 0 saturated heterocycles. The van der Waals surface area contributed by atoms with E-state index in [9.17, 15) is 4.39 Å². The number of halogens is 2. The van der Waals surface area contributed by atoms with Crippen LogP contribution in [0.3, 0.4) is 0 Å². The largest absolute Gasteiger partial charge is 0.383 e. The van der Waals surface area contributed by atoms with E-state index in [1.807, 2.05) is 30.3 Å². The maximum Gasteiger partial charge on any atom is 0.225 e. The lowest BCUT2D eigenvalue weighted by atomic mass is 10.1. The van der Waals surface area contributed by atoms with Crippen molar-refractivity contribution in [2.24, 2.45) is 0 Å². The standard InChI is InChI=1S/C23H17ClFN7/c24-16-5-1-4-15(11-16)20-19-21(26)32(18-8-6-17(25)7-9-18)31-22(19)30-23(29-20)28-13-14-3-2-10-27-12-14/h1-12H,13,26H2,(H,28,30,31). The van der Waals surface area contributed by atoms with Crippen molar-refractivity contribution in [3.8, 4) is 16.9 Å². The molecule has 0 spiro atoms. The number of nitrogens with one attached hydrogen (secondary N) is 1. The SMILES string of the molecule is Nc1c2c(-c3cccc(Cl)c3)nc(NCc3cccnc3)nc2nn1-c1ccc(F)cc1. The van der Waals surface area contributed by atoms with Crippen LogP contribution in [0, 0.1) is 5.82 Å². The molecule has 0 aliphatic heterocycles. The second-order valence-electron chi connectivity index (χ2n) is 7.09. The number of nitrogen functional groups attached to an aromatic ring is 1. The molecule has 0 fully saturated rings. The quantitative estimate of drug-likeness (QED) is 0.401. The summed E-state index contributed by atoms with van der Waals surface area (Å²) in [6.07, 6.45) is 3.48. The highest BCUT2D eigenvalue weighted by Crippen LogP contribution is 2.33. The van der Waals surface area contributed by atoms with Gasteiger partial charge in [-0.15, -0.1) is 5.10 Å². The summed E-state index contributed by atoms with van der Waals surface area (Å²) in [5.74, 6) is 0.394. The Bertz CT molecular complexity index is 1400. The topological polar surface area (TPSA) is 94.5 Å². The van der Waals surface area contributed by atoms with Crippen LogP contribution in [-0.4, -0.2) is 24.7 Å². The molecule has 0 aliphatic rings. The van der Waals surface area contributed by atoms with Crippen LogP contribution in [-0.2, 0) is 6.54 Å². The van der Waals surface area contributed by atoms with Crippen LogP contribution in [0.4, 0.5) is 16.2 Å². The molecule has 0 bridgehead atoms. The highest BCUT2D eigenvalue weighted by molar-refractivity contribution is 6.30. The lowest BCUT2D eigenvalue weighted by Crippen LogP contribution is -2.05. The van der Waals surface area contributed by atoms with Crippen molar-refractivity contribution in [2.75, 3.05) is 11.1 Å². The smallest absolute Gasteiger partial charge is 0.225 e. The molecule has 3 N–H and O–H groups in total. The zero-order valence-corrected chi connectivity index (χ0v) is 17.5. The first kappa shape index (κ1) is 19.9. The number of anilines is 2. The molecule has 158 valence electrons.